The summed E-state index contributed by atoms with van der Waals surface area (Å²) < 4.78 is 12.4. The van der Waals surface area contributed by atoms with Crippen LogP contribution in [-0.4, -0.2) is 49.5 Å². The Morgan fingerprint density at radius 2 is 1.74 bits per heavy atom. The van der Waals surface area contributed by atoms with Crippen molar-refractivity contribution in [2.24, 2.45) is 17.8 Å². The average molecular weight is 589 g/mol. The fourth-order valence-electron chi connectivity index (χ4n) is 6.73. The molecule has 9 heteroatoms. The van der Waals surface area contributed by atoms with Crippen LogP contribution in [0.3, 0.4) is 0 Å². The molecule has 43 heavy (non-hydrogen) atoms. The Kier molecular flexibility index (Phi) is 7.48. The van der Waals surface area contributed by atoms with Gasteiger partial charge in [0.2, 0.25) is 11.2 Å². The van der Waals surface area contributed by atoms with Crippen LogP contribution >= 0.6 is 0 Å². The second kappa shape index (κ2) is 11.1. The minimum Gasteiger partial charge on any atom is -0.508 e. The Hall–Kier alpha value is -4.21. The van der Waals surface area contributed by atoms with E-state index in [9.17, 15) is 35.4 Å². The summed E-state index contributed by atoms with van der Waals surface area (Å²) >= 11 is 0. The fraction of sp³-hybridized carbons (Fsp3) is 0.382. The number of phenolic OH excluding ortho intramolecular Hbond substituents is 3. The van der Waals surface area contributed by atoms with E-state index in [0.29, 0.717) is 47.9 Å². The number of fused-ring (bicyclic) bond motifs is 4. The third-order valence-corrected chi connectivity index (χ3v) is 8.80. The summed E-state index contributed by atoms with van der Waals surface area (Å²) in [5, 5.41) is 63.8. The molecule has 6 N–H and O–H groups in total. The molecule has 4 aromatic rings. The van der Waals surface area contributed by atoms with Crippen LogP contribution < -0.4 is 10.2 Å². The predicted molar refractivity (Wildman–Crippen MR) is 160 cm³/mol. The van der Waals surface area contributed by atoms with Gasteiger partial charge in [0.05, 0.1) is 12.7 Å². The largest absolute Gasteiger partial charge is 0.508 e. The van der Waals surface area contributed by atoms with Crippen molar-refractivity contribution in [3.63, 3.8) is 0 Å². The highest BCUT2D eigenvalue weighted by atomic mass is 16.5. The van der Waals surface area contributed by atoms with Gasteiger partial charge in [0.25, 0.3) is 0 Å². The highest BCUT2D eigenvalue weighted by Crippen LogP contribution is 2.48. The molecule has 9 nitrogen and oxygen atoms in total. The first-order valence-corrected chi connectivity index (χ1v) is 14.7. The van der Waals surface area contributed by atoms with Crippen molar-refractivity contribution in [1.29, 1.82) is 0 Å². The fourth-order valence-corrected chi connectivity index (χ4v) is 6.73. The maximum atomic E-state index is 13.8. The Bertz CT molecular complexity index is 1760. The Labute approximate surface area is 248 Å². The van der Waals surface area contributed by atoms with Gasteiger partial charge in [0.15, 0.2) is 5.76 Å². The average Bonchev–Trinajstić information content (AvgIpc) is 2.96. The van der Waals surface area contributed by atoms with Crippen molar-refractivity contribution in [2.45, 2.75) is 58.2 Å². The highest BCUT2D eigenvalue weighted by Gasteiger charge is 2.44. The minimum absolute atomic E-state index is 0.0115. The first-order valence-electron chi connectivity index (χ1n) is 14.7. The van der Waals surface area contributed by atoms with Crippen molar-refractivity contribution in [3.05, 3.63) is 74.9 Å². The van der Waals surface area contributed by atoms with Gasteiger partial charge in [-0.1, -0.05) is 26.0 Å². The third-order valence-electron chi connectivity index (χ3n) is 8.80. The van der Waals surface area contributed by atoms with Gasteiger partial charge in [0.1, 0.15) is 40.1 Å². The molecule has 6 rings (SSSR count). The van der Waals surface area contributed by atoms with Crippen molar-refractivity contribution >= 4 is 11.0 Å². The highest BCUT2D eigenvalue weighted by molar-refractivity contribution is 5.90. The number of aromatic hydroxyl groups is 4. The monoisotopic (exact) mass is 588 g/mol. The maximum absolute atomic E-state index is 13.8. The van der Waals surface area contributed by atoms with Gasteiger partial charge in [-0.15, -0.1) is 0 Å². The molecule has 4 atom stereocenters. The van der Waals surface area contributed by atoms with Crippen LogP contribution in [-0.2, 0) is 19.3 Å². The molecule has 3 aromatic carbocycles. The lowest BCUT2D eigenvalue weighted by Gasteiger charge is -2.43. The molecule has 1 saturated carbocycles. The van der Waals surface area contributed by atoms with Gasteiger partial charge < -0.3 is 39.8 Å². The van der Waals surface area contributed by atoms with Gasteiger partial charge in [-0.25, -0.2) is 0 Å². The molecule has 1 aromatic heterocycles. The second-order valence-corrected chi connectivity index (χ2v) is 12.3. The standard InChI is InChI=1S/C34H36O9/c1-16(2)8-19-11-21(12-20(29(19)39)9-17-4-3-5-22(36)10-17)33-31(41)30(40)28-27(42-33)14-26(38)23-13-18-6-7-25(37)24(15-35)32(18)43-34(23)28/h3-5,10-12,14,16,18,24-25,32,35-39,41H,6-9,13,15H2,1-2H3/t18-,24-,25+,32+/m0/s1. The van der Waals surface area contributed by atoms with E-state index in [1.165, 1.54) is 6.07 Å². The maximum Gasteiger partial charge on any atom is 0.238 e. The van der Waals surface area contributed by atoms with Crippen molar-refractivity contribution in [2.75, 3.05) is 6.61 Å². The van der Waals surface area contributed by atoms with Gasteiger partial charge in [0, 0.05) is 35.4 Å². The van der Waals surface area contributed by atoms with E-state index in [2.05, 4.69) is 0 Å². The van der Waals surface area contributed by atoms with Crippen LogP contribution in [0.1, 0.15) is 48.9 Å². The van der Waals surface area contributed by atoms with Crippen LogP contribution in [0, 0.1) is 17.8 Å². The van der Waals surface area contributed by atoms with Gasteiger partial charge in [-0.3, -0.25) is 4.79 Å². The van der Waals surface area contributed by atoms with Crippen LogP contribution in [0.4, 0.5) is 0 Å². The smallest absolute Gasteiger partial charge is 0.238 e. The normalized spacial score (nSPS) is 21.4. The number of aliphatic hydroxyl groups excluding tert-OH is 2. The summed E-state index contributed by atoms with van der Waals surface area (Å²) in [6.45, 7) is 3.73. The van der Waals surface area contributed by atoms with E-state index in [-0.39, 0.29) is 64.6 Å². The summed E-state index contributed by atoms with van der Waals surface area (Å²) in [5.41, 5.74) is 1.96. The molecule has 0 saturated heterocycles. The molecular weight excluding hydrogens is 552 g/mol. The molecular formula is C34H36O9. The van der Waals surface area contributed by atoms with Crippen LogP contribution in [0.25, 0.3) is 22.3 Å². The van der Waals surface area contributed by atoms with Crippen molar-refractivity contribution < 1.29 is 39.8 Å². The number of hydrogen-bond donors (Lipinski definition) is 6. The zero-order chi connectivity index (χ0) is 30.6. The lowest BCUT2D eigenvalue weighted by Crippen LogP contribution is -2.49. The quantitative estimate of drug-likeness (QED) is 0.187. The van der Waals surface area contributed by atoms with E-state index < -0.39 is 29.3 Å². The molecule has 2 heterocycles. The van der Waals surface area contributed by atoms with Crippen molar-refractivity contribution in [3.8, 4) is 40.1 Å². The molecule has 1 aliphatic heterocycles. The number of aliphatic hydroxyl groups is 2. The molecule has 2 aliphatic rings. The Morgan fingerprint density at radius 3 is 2.47 bits per heavy atom. The van der Waals surface area contributed by atoms with E-state index in [1.54, 1.807) is 30.3 Å². The lowest BCUT2D eigenvalue weighted by molar-refractivity contribution is -0.0705. The summed E-state index contributed by atoms with van der Waals surface area (Å²) in [6.07, 6.45) is 1.02. The molecule has 1 aliphatic carbocycles. The first kappa shape index (κ1) is 28.9. The lowest BCUT2D eigenvalue weighted by atomic mass is 9.73. The predicted octanol–water partition coefficient (Wildman–Crippen LogP) is 4.75. The minimum atomic E-state index is -0.753. The number of rotatable bonds is 6. The van der Waals surface area contributed by atoms with Crippen molar-refractivity contribution in [1.82, 2.24) is 0 Å². The Balaban J connectivity index is 1.50. The van der Waals surface area contributed by atoms with Crippen LogP contribution in [0.2, 0.25) is 0 Å². The van der Waals surface area contributed by atoms with E-state index in [4.69, 9.17) is 9.15 Å². The van der Waals surface area contributed by atoms with E-state index in [0.717, 1.165) is 5.56 Å². The zero-order valence-corrected chi connectivity index (χ0v) is 24.1. The number of ether oxygens (including phenoxy) is 1. The molecule has 0 spiro atoms. The third kappa shape index (κ3) is 5.17. The van der Waals surface area contributed by atoms with Gasteiger partial charge >= 0.3 is 0 Å². The van der Waals surface area contributed by atoms with Gasteiger partial charge in [-0.05, 0) is 72.6 Å². The number of phenols is 3. The number of hydrogen-bond acceptors (Lipinski definition) is 9. The molecule has 1 fully saturated rings. The number of benzene rings is 3. The Morgan fingerprint density at radius 1 is 0.977 bits per heavy atom. The van der Waals surface area contributed by atoms with Gasteiger partial charge in [-0.2, -0.15) is 0 Å². The van der Waals surface area contributed by atoms with Crippen LogP contribution in [0.5, 0.6) is 28.7 Å². The van der Waals surface area contributed by atoms with Crippen LogP contribution in [0.15, 0.2) is 51.7 Å². The summed E-state index contributed by atoms with van der Waals surface area (Å²) in [7, 11) is 0. The zero-order valence-electron chi connectivity index (χ0n) is 24.1. The SMILES string of the molecule is CC(C)Cc1cc(-c2oc3cc(O)c4c(c3c(=O)c2O)O[C@@H]2[C@@H](CC[C@@H](O)[C@@H]2CO)C4)cc(Cc2cccc(O)c2)c1O. The van der Waals surface area contributed by atoms with E-state index >= 15 is 0 Å². The molecule has 226 valence electrons. The molecule has 0 bridgehead atoms. The van der Waals surface area contributed by atoms with E-state index in [1.807, 2.05) is 19.9 Å². The summed E-state index contributed by atoms with van der Waals surface area (Å²) in [4.78, 5) is 13.8. The first-order chi connectivity index (χ1) is 20.5. The molecule has 0 amide bonds. The summed E-state index contributed by atoms with van der Waals surface area (Å²) in [5.74, 6) is -1.00. The second-order valence-electron chi connectivity index (χ2n) is 12.3. The topological polar surface area (TPSA) is 161 Å². The molecule has 0 unspecified atom stereocenters. The summed E-state index contributed by atoms with van der Waals surface area (Å²) in [6, 6.07) is 11.4. The molecule has 0 radical (unpaired) electrons.